The number of hydrogen-bond donors (Lipinski definition) is 2. The molecule has 0 radical (unpaired) electrons. The maximum Gasteiger partial charge on any atom is 0.261 e. The quantitative estimate of drug-likeness (QED) is 0.381. The highest BCUT2D eigenvalue weighted by atomic mass is 32.2. The molecule has 0 bridgehead atoms. The molecule has 3 aromatic carbocycles. The molecule has 0 saturated carbocycles. The van der Waals surface area contributed by atoms with Crippen LogP contribution in [0.15, 0.2) is 76.5 Å². The average Bonchev–Trinajstić information content (AvgIpc) is 3.20. The molecule has 0 unspecified atom stereocenters. The third-order valence-electron chi connectivity index (χ3n) is 4.78. The third kappa shape index (κ3) is 5.19. The highest BCUT2D eigenvalue weighted by Crippen LogP contribution is 2.28. The van der Waals surface area contributed by atoms with Crippen LogP contribution in [0.1, 0.15) is 10.4 Å². The first-order valence-corrected chi connectivity index (χ1v) is 13.9. The number of nitrogens with one attached hydrogen (secondary N) is 2. The lowest BCUT2D eigenvalue weighted by Gasteiger charge is -2.09. The van der Waals surface area contributed by atoms with Crippen molar-refractivity contribution in [2.75, 3.05) is 23.4 Å². The molecular formula is C22H19N3O6S3. The monoisotopic (exact) mass is 517 g/mol. The first kappa shape index (κ1) is 23.7. The van der Waals surface area contributed by atoms with Crippen LogP contribution in [0.2, 0.25) is 0 Å². The lowest BCUT2D eigenvalue weighted by molar-refractivity contribution is 0.102. The van der Waals surface area contributed by atoms with E-state index in [-0.39, 0.29) is 9.79 Å². The SMILES string of the molecule is COc1ccc(S(=O)(=O)Nc2ccc(C(=O)Nc3nc4ccc(S(C)(=O)=O)cc4s3)cc2)cc1. The molecule has 1 heterocycles. The van der Waals surface area contributed by atoms with Gasteiger partial charge in [-0.2, -0.15) is 0 Å². The summed E-state index contributed by atoms with van der Waals surface area (Å²) in [6.45, 7) is 0. The summed E-state index contributed by atoms with van der Waals surface area (Å²) in [4.78, 5) is 17.2. The third-order valence-corrected chi connectivity index (χ3v) is 8.22. The zero-order chi connectivity index (χ0) is 24.5. The van der Waals surface area contributed by atoms with Crippen LogP contribution in [-0.2, 0) is 19.9 Å². The number of ether oxygens (including phenoxy) is 1. The van der Waals surface area contributed by atoms with Gasteiger partial charge in [-0.15, -0.1) is 0 Å². The molecule has 0 aliphatic carbocycles. The van der Waals surface area contributed by atoms with E-state index in [1.54, 1.807) is 18.2 Å². The Labute approximate surface area is 200 Å². The molecule has 2 N–H and O–H groups in total. The summed E-state index contributed by atoms with van der Waals surface area (Å²) in [5, 5.41) is 2.99. The molecule has 4 aromatic rings. The van der Waals surface area contributed by atoms with E-state index in [9.17, 15) is 21.6 Å². The van der Waals surface area contributed by atoms with Gasteiger partial charge < -0.3 is 4.74 Å². The van der Waals surface area contributed by atoms with Gasteiger partial charge in [0.15, 0.2) is 15.0 Å². The van der Waals surface area contributed by atoms with Gasteiger partial charge >= 0.3 is 0 Å². The minimum atomic E-state index is -3.81. The number of sulfone groups is 1. The summed E-state index contributed by atoms with van der Waals surface area (Å²) in [5.74, 6) is 0.102. The highest BCUT2D eigenvalue weighted by molar-refractivity contribution is 7.92. The van der Waals surface area contributed by atoms with Crippen molar-refractivity contribution >= 4 is 58.1 Å². The Balaban J connectivity index is 1.46. The van der Waals surface area contributed by atoms with Crippen LogP contribution in [0.4, 0.5) is 10.8 Å². The predicted octanol–water partition coefficient (Wildman–Crippen LogP) is 3.76. The number of rotatable bonds is 7. The predicted molar refractivity (Wildman–Crippen MR) is 131 cm³/mol. The zero-order valence-electron chi connectivity index (χ0n) is 18.0. The fraction of sp³-hybridized carbons (Fsp3) is 0.0909. The first-order valence-electron chi connectivity index (χ1n) is 9.74. The van der Waals surface area contributed by atoms with Gasteiger partial charge in [0.25, 0.3) is 15.9 Å². The topological polar surface area (TPSA) is 132 Å². The fourth-order valence-electron chi connectivity index (χ4n) is 3.02. The second-order valence-electron chi connectivity index (χ2n) is 7.23. The number of aromatic nitrogens is 1. The second-order valence-corrected chi connectivity index (χ2v) is 12.0. The zero-order valence-corrected chi connectivity index (χ0v) is 20.4. The van der Waals surface area contributed by atoms with E-state index in [0.29, 0.717) is 32.3 Å². The lowest BCUT2D eigenvalue weighted by Crippen LogP contribution is -2.14. The molecule has 34 heavy (non-hydrogen) atoms. The van der Waals surface area contributed by atoms with Gasteiger partial charge in [0.2, 0.25) is 0 Å². The van der Waals surface area contributed by atoms with Crippen LogP contribution in [0.25, 0.3) is 10.2 Å². The van der Waals surface area contributed by atoms with E-state index >= 15 is 0 Å². The second kappa shape index (κ2) is 9.05. The molecule has 176 valence electrons. The largest absolute Gasteiger partial charge is 0.497 e. The van der Waals surface area contributed by atoms with Crippen LogP contribution < -0.4 is 14.8 Å². The van der Waals surface area contributed by atoms with Crippen molar-refractivity contribution in [3.05, 3.63) is 72.3 Å². The van der Waals surface area contributed by atoms with Gasteiger partial charge in [-0.25, -0.2) is 21.8 Å². The Kier molecular flexibility index (Phi) is 6.30. The number of amides is 1. The first-order chi connectivity index (χ1) is 16.0. The highest BCUT2D eigenvalue weighted by Gasteiger charge is 2.16. The summed E-state index contributed by atoms with van der Waals surface area (Å²) < 4.78 is 56.7. The Bertz CT molecular complexity index is 1580. The molecule has 9 nitrogen and oxygen atoms in total. The van der Waals surface area contributed by atoms with Crippen molar-refractivity contribution in [2.24, 2.45) is 0 Å². The molecule has 12 heteroatoms. The Hall–Kier alpha value is -3.48. The average molecular weight is 518 g/mol. The number of hydrogen-bond acceptors (Lipinski definition) is 8. The van der Waals surface area contributed by atoms with E-state index in [0.717, 1.165) is 17.6 Å². The summed E-state index contributed by atoms with van der Waals surface area (Å²) >= 11 is 1.15. The van der Waals surface area contributed by atoms with Crippen LogP contribution in [-0.4, -0.2) is 41.1 Å². The summed E-state index contributed by atoms with van der Waals surface area (Å²) in [5.41, 5.74) is 1.15. The van der Waals surface area contributed by atoms with Crippen molar-refractivity contribution in [3.63, 3.8) is 0 Å². The van der Waals surface area contributed by atoms with Crippen molar-refractivity contribution in [2.45, 2.75) is 9.79 Å². The van der Waals surface area contributed by atoms with Gasteiger partial charge in [0, 0.05) is 17.5 Å². The van der Waals surface area contributed by atoms with Crippen molar-refractivity contribution in [1.82, 2.24) is 4.98 Å². The number of methoxy groups -OCH3 is 1. The van der Waals surface area contributed by atoms with E-state index in [2.05, 4.69) is 15.0 Å². The van der Waals surface area contributed by atoms with E-state index in [1.165, 1.54) is 55.6 Å². The molecule has 0 atom stereocenters. The number of anilines is 2. The van der Waals surface area contributed by atoms with Gasteiger partial charge in [0.1, 0.15) is 5.75 Å². The lowest BCUT2D eigenvalue weighted by atomic mass is 10.2. The van der Waals surface area contributed by atoms with Crippen molar-refractivity contribution < 1.29 is 26.4 Å². The van der Waals surface area contributed by atoms with Gasteiger partial charge in [0.05, 0.1) is 27.1 Å². The van der Waals surface area contributed by atoms with Crippen molar-refractivity contribution in [1.29, 1.82) is 0 Å². The maximum atomic E-state index is 12.6. The van der Waals surface area contributed by atoms with Crippen LogP contribution in [0.5, 0.6) is 5.75 Å². The molecule has 4 rings (SSSR count). The number of benzene rings is 3. The van der Waals surface area contributed by atoms with Gasteiger partial charge in [-0.05, 0) is 66.7 Å². The molecule has 1 aromatic heterocycles. The molecule has 0 aliphatic rings. The Morgan fingerprint density at radius 2 is 1.56 bits per heavy atom. The van der Waals surface area contributed by atoms with Crippen LogP contribution in [0.3, 0.4) is 0 Å². The minimum Gasteiger partial charge on any atom is -0.497 e. The van der Waals surface area contributed by atoms with Gasteiger partial charge in [-0.1, -0.05) is 11.3 Å². The molecule has 0 fully saturated rings. The van der Waals surface area contributed by atoms with Crippen molar-refractivity contribution in [3.8, 4) is 5.75 Å². The molecular weight excluding hydrogens is 498 g/mol. The number of nitrogens with zero attached hydrogens (tertiary/aromatic N) is 1. The summed E-state index contributed by atoms with van der Waals surface area (Å²) in [6.07, 6.45) is 1.12. The number of sulfonamides is 1. The Morgan fingerprint density at radius 1 is 0.912 bits per heavy atom. The van der Waals surface area contributed by atoms with Crippen LogP contribution >= 0.6 is 11.3 Å². The molecule has 0 spiro atoms. The fourth-order valence-corrected chi connectivity index (χ4v) is 5.70. The van der Waals surface area contributed by atoms with E-state index in [4.69, 9.17) is 4.74 Å². The minimum absolute atomic E-state index is 0.0741. The van der Waals surface area contributed by atoms with E-state index in [1.807, 2.05) is 0 Å². The van der Waals surface area contributed by atoms with Gasteiger partial charge in [-0.3, -0.25) is 14.8 Å². The smallest absolute Gasteiger partial charge is 0.261 e. The molecule has 0 aliphatic heterocycles. The van der Waals surface area contributed by atoms with Crippen LogP contribution in [0, 0.1) is 0 Å². The molecule has 0 saturated heterocycles. The standard InChI is InChI=1S/C22H19N3O6S3/c1-31-16-7-9-17(10-8-16)34(29,30)25-15-5-3-14(4-6-15)21(26)24-22-23-19-12-11-18(33(2,27)28)13-20(19)32-22/h3-13,25H,1-2H3,(H,23,24,26). The number of carbonyl (C=O) groups is 1. The normalized spacial score (nSPS) is 11.8. The number of carbonyl (C=O) groups excluding carboxylic acids is 1. The summed E-state index contributed by atoms with van der Waals surface area (Å²) in [6, 6.07) is 16.4. The summed E-state index contributed by atoms with van der Waals surface area (Å²) in [7, 11) is -5.67. The molecule has 1 amide bonds. The van der Waals surface area contributed by atoms with E-state index < -0.39 is 25.8 Å². The Morgan fingerprint density at radius 3 is 2.18 bits per heavy atom. The number of fused-ring (bicyclic) bond motifs is 1. The maximum absolute atomic E-state index is 12.6. The number of thiazole rings is 1.